The fraction of sp³-hybridized carbons (Fsp3) is 0.286. The molecule has 0 spiro atoms. The van der Waals surface area contributed by atoms with E-state index in [1.165, 1.54) is 22.3 Å². The molecule has 0 nitrogen and oxygen atoms in total. The van der Waals surface area contributed by atoms with E-state index < -0.39 is 0 Å². The summed E-state index contributed by atoms with van der Waals surface area (Å²) >= 11 is 0. The molecule has 1 rings (SSSR count). The largest absolute Gasteiger partial charge is 0.0764 e. The minimum Gasteiger partial charge on any atom is -0.0764 e. The van der Waals surface area contributed by atoms with E-state index in [1.54, 1.807) is 0 Å². The zero-order valence-corrected chi connectivity index (χ0v) is 9.46. The molecule has 14 heavy (non-hydrogen) atoms. The van der Waals surface area contributed by atoms with E-state index in [4.69, 9.17) is 0 Å². The predicted molar refractivity (Wildman–Crippen MR) is 64.3 cm³/mol. The van der Waals surface area contributed by atoms with Crippen LogP contribution >= 0.6 is 0 Å². The molecule has 0 unspecified atom stereocenters. The van der Waals surface area contributed by atoms with Crippen LogP contribution in [0.3, 0.4) is 0 Å². The van der Waals surface area contributed by atoms with Crippen molar-refractivity contribution in [1.82, 2.24) is 0 Å². The normalized spacial score (nSPS) is 11.3. The first-order chi connectivity index (χ1) is 6.59. The molecular weight excluding hydrogens is 168 g/mol. The molecule has 0 saturated carbocycles. The van der Waals surface area contributed by atoms with Crippen LogP contribution in [0, 0.1) is 6.92 Å². The second kappa shape index (κ2) is 4.80. The summed E-state index contributed by atoms with van der Waals surface area (Å²) in [5.74, 6) is 0. The molecular formula is C14H18. The summed E-state index contributed by atoms with van der Waals surface area (Å²) in [7, 11) is 0. The third-order valence-electron chi connectivity index (χ3n) is 2.17. The lowest BCUT2D eigenvalue weighted by Crippen LogP contribution is -1.79. The van der Waals surface area contributed by atoms with Crippen LogP contribution in [0.15, 0.2) is 42.0 Å². The molecule has 0 aliphatic rings. The smallest absolute Gasteiger partial charge is 0.0227 e. The maximum atomic E-state index is 2.17. The Hall–Kier alpha value is -1.30. The summed E-state index contributed by atoms with van der Waals surface area (Å²) in [6.07, 6.45) is 4.31. The van der Waals surface area contributed by atoms with Crippen molar-refractivity contribution < 1.29 is 0 Å². The van der Waals surface area contributed by atoms with E-state index >= 15 is 0 Å². The van der Waals surface area contributed by atoms with Crippen LogP contribution in [-0.4, -0.2) is 0 Å². The van der Waals surface area contributed by atoms with Gasteiger partial charge in [0.2, 0.25) is 0 Å². The minimum atomic E-state index is 1.30. The van der Waals surface area contributed by atoms with Crippen molar-refractivity contribution in [2.24, 2.45) is 0 Å². The molecule has 1 aromatic rings. The van der Waals surface area contributed by atoms with E-state index in [0.717, 1.165) is 0 Å². The molecule has 0 fully saturated rings. The molecule has 0 radical (unpaired) electrons. The predicted octanol–water partition coefficient (Wildman–Crippen LogP) is 4.36. The molecule has 0 aliphatic heterocycles. The first kappa shape index (κ1) is 10.8. The van der Waals surface area contributed by atoms with Crippen LogP contribution in [0.1, 0.15) is 31.9 Å². The van der Waals surface area contributed by atoms with Crippen molar-refractivity contribution in [2.75, 3.05) is 0 Å². The van der Waals surface area contributed by atoms with Crippen molar-refractivity contribution >= 4 is 5.57 Å². The Bertz CT molecular complexity index is 346. The second-order valence-electron chi connectivity index (χ2n) is 3.96. The van der Waals surface area contributed by atoms with Gasteiger partial charge in [0.05, 0.1) is 0 Å². The topological polar surface area (TPSA) is 0 Å². The highest BCUT2D eigenvalue weighted by atomic mass is 14.0. The van der Waals surface area contributed by atoms with Gasteiger partial charge in [0, 0.05) is 0 Å². The van der Waals surface area contributed by atoms with Crippen LogP contribution < -0.4 is 0 Å². The summed E-state index contributed by atoms with van der Waals surface area (Å²) in [4.78, 5) is 0. The van der Waals surface area contributed by atoms with Crippen molar-refractivity contribution in [3.8, 4) is 0 Å². The van der Waals surface area contributed by atoms with Crippen molar-refractivity contribution in [3.05, 3.63) is 53.1 Å². The third kappa shape index (κ3) is 3.21. The van der Waals surface area contributed by atoms with Gasteiger partial charge in [-0.1, -0.05) is 47.6 Å². The standard InChI is InChI=1S/C14H18/c1-11(2)5-8-13(4)14-9-6-12(3)7-10-14/h5-10H,1-4H3/b13-8+. The summed E-state index contributed by atoms with van der Waals surface area (Å²) < 4.78 is 0. The van der Waals surface area contributed by atoms with Gasteiger partial charge < -0.3 is 0 Å². The molecule has 74 valence electrons. The Labute approximate surface area is 87.0 Å². The van der Waals surface area contributed by atoms with Crippen molar-refractivity contribution in [3.63, 3.8) is 0 Å². The highest BCUT2D eigenvalue weighted by molar-refractivity contribution is 5.65. The second-order valence-corrected chi connectivity index (χ2v) is 3.96. The summed E-state index contributed by atoms with van der Waals surface area (Å²) in [5, 5.41) is 0. The zero-order valence-electron chi connectivity index (χ0n) is 9.46. The third-order valence-corrected chi connectivity index (χ3v) is 2.17. The average Bonchev–Trinajstić information content (AvgIpc) is 2.15. The van der Waals surface area contributed by atoms with Gasteiger partial charge >= 0.3 is 0 Å². The van der Waals surface area contributed by atoms with Gasteiger partial charge in [-0.25, -0.2) is 0 Å². The van der Waals surface area contributed by atoms with Gasteiger partial charge in [0.25, 0.3) is 0 Å². The maximum absolute atomic E-state index is 2.17. The van der Waals surface area contributed by atoms with Crippen LogP contribution in [0.2, 0.25) is 0 Å². The van der Waals surface area contributed by atoms with Gasteiger partial charge in [-0.05, 0) is 38.8 Å². The number of rotatable bonds is 2. The number of aryl methyl sites for hydroxylation is 1. The van der Waals surface area contributed by atoms with Gasteiger partial charge in [0.1, 0.15) is 0 Å². The molecule has 0 saturated heterocycles. The van der Waals surface area contributed by atoms with Gasteiger partial charge in [-0.15, -0.1) is 0 Å². The first-order valence-electron chi connectivity index (χ1n) is 4.98. The van der Waals surface area contributed by atoms with Gasteiger partial charge in [-0.3, -0.25) is 0 Å². The van der Waals surface area contributed by atoms with Gasteiger partial charge in [-0.2, -0.15) is 0 Å². The first-order valence-corrected chi connectivity index (χ1v) is 4.98. The lowest BCUT2D eigenvalue weighted by Gasteiger charge is -2.00. The lowest BCUT2D eigenvalue weighted by molar-refractivity contribution is 1.39. The highest BCUT2D eigenvalue weighted by Gasteiger charge is 1.92. The van der Waals surface area contributed by atoms with Crippen LogP contribution in [-0.2, 0) is 0 Å². The Morgan fingerprint density at radius 2 is 1.50 bits per heavy atom. The Morgan fingerprint density at radius 1 is 0.929 bits per heavy atom. The highest BCUT2D eigenvalue weighted by Crippen LogP contribution is 2.14. The van der Waals surface area contributed by atoms with Crippen LogP contribution in [0.25, 0.3) is 5.57 Å². The SMILES string of the molecule is CC(C)=C/C=C(\C)c1ccc(C)cc1. The maximum Gasteiger partial charge on any atom is -0.0227 e. The number of hydrogen-bond acceptors (Lipinski definition) is 0. The summed E-state index contributed by atoms with van der Waals surface area (Å²) in [6.45, 7) is 8.47. The number of hydrogen-bond donors (Lipinski definition) is 0. The molecule has 0 N–H and O–H groups in total. The molecule has 0 atom stereocenters. The molecule has 0 aromatic heterocycles. The van der Waals surface area contributed by atoms with E-state index in [2.05, 4.69) is 64.1 Å². The fourth-order valence-corrected chi connectivity index (χ4v) is 1.20. The van der Waals surface area contributed by atoms with Gasteiger partial charge in [0.15, 0.2) is 0 Å². The van der Waals surface area contributed by atoms with E-state index in [1.807, 2.05) is 0 Å². The Balaban J connectivity index is 2.89. The molecule has 0 bridgehead atoms. The number of allylic oxidation sites excluding steroid dienone is 4. The molecule has 0 heteroatoms. The summed E-state index contributed by atoms with van der Waals surface area (Å²) in [5.41, 5.74) is 5.25. The molecule has 0 amide bonds. The van der Waals surface area contributed by atoms with Crippen LogP contribution in [0.5, 0.6) is 0 Å². The Kier molecular flexibility index (Phi) is 3.70. The van der Waals surface area contributed by atoms with E-state index in [-0.39, 0.29) is 0 Å². The zero-order chi connectivity index (χ0) is 10.6. The molecule has 0 aliphatic carbocycles. The fourth-order valence-electron chi connectivity index (χ4n) is 1.20. The quantitative estimate of drug-likeness (QED) is 0.602. The lowest BCUT2D eigenvalue weighted by atomic mass is 10.1. The van der Waals surface area contributed by atoms with E-state index in [0.29, 0.717) is 0 Å². The minimum absolute atomic E-state index is 1.30. The van der Waals surface area contributed by atoms with E-state index in [9.17, 15) is 0 Å². The average molecular weight is 186 g/mol. The number of benzene rings is 1. The van der Waals surface area contributed by atoms with Crippen molar-refractivity contribution in [2.45, 2.75) is 27.7 Å². The molecule has 1 aromatic carbocycles. The van der Waals surface area contributed by atoms with Crippen molar-refractivity contribution in [1.29, 1.82) is 0 Å². The van der Waals surface area contributed by atoms with Crippen LogP contribution in [0.4, 0.5) is 0 Å². The monoisotopic (exact) mass is 186 g/mol. The molecule has 0 heterocycles. The Morgan fingerprint density at radius 3 is 2.00 bits per heavy atom. The summed E-state index contributed by atoms with van der Waals surface area (Å²) in [6, 6.07) is 8.63.